The number of nitrogens with zero attached hydrogens (tertiary/aromatic N) is 3. The van der Waals surface area contributed by atoms with Crippen LogP contribution in [0.5, 0.6) is 0 Å². The van der Waals surface area contributed by atoms with E-state index in [-0.39, 0.29) is 5.41 Å². The fraction of sp³-hybridized carbons (Fsp3) is 0.286. The van der Waals surface area contributed by atoms with Gasteiger partial charge in [0.1, 0.15) is 0 Å². The van der Waals surface area contributed by atoms with Gasteiger partial charge in [-0.2, -0.15) is 0 Å². The molecule has 0 aliphatic heterocycles. The number of aromatic nitrogens is 4. The van der Waals surface area contributed by atoms with Gasteiger partial charge in [0.15, 0.2) is 0 Å². The van der Waals surface area contributed by atoms with E-state index in [4.69, 9.17) is 5.10 Å². The molecule has 1 N–H and O–H groups in total. The number of rotatable bonds is 1. The van der Waals surface area contributed by atoms with Gasteiger partial charge in [-0.1, -0.05) is 0 Å². The van der Waals surface area contributed by atoms with Gasteiger partial charge in [-0.15, -0.1) is 0 Å². The first-order valence-electron chi connectivity index (χ1n) is 6.18. The zero-order chi connectivity index (χ0) is 13.6. The molecule has 96 valence electrons. The maximum atomic E-state index is 4.71. The van der Waals surface area contributed by atoms with E-state index >= 15 is 0 Å². The molecule has 5 heteroatoms. The summed E-state index contributed by atoms with van der Waals surface area (Å²) in [5, 5.41) is 12.9. The minimum atomic E-state index is 0.0536. The van der Waals surface area contributed by atoms with Crippen LogP contribution < -0.4 is 4.48 Å². The van der Waals surface area contributed by atoms with E-state index in [0.717, 1.165) is 26.8 Å². The fourth-order valence-corrected chi connectivity index (χ4v) is 2.58. The van der Waals surface area contributed by atoms with E-state index in [1.54, 1.807) is 0 Å². The SMILES string of the molecule is CC(C)(C)c1cc([As])n(-c2ccc3cn[nH]c3c2)n1. The van der Waals surface area contributed by atoms with Crippen LogP contribution in [0, 0.1) is 0 Å². The molecule has 3 aromatic rings. The van der Waals surface area contributed by atoms with Crippen LogP contribution in [-0.4, -0.2) is 36.8 Å². The van der Waals surface area contributed by atoms with Crippen molar-refractivity contribution in [3.05, 3.63) is 36.2 Å². The Balaban J connectivity index is 2.13. The quantitative estimate of drug-likeness (QED) is 0.697. The molecule has 2 radical (unpaired) electrons. The second-order valence-corrected chi connectivity index (χ2v) is 6.65. The molecule has 0 saturated heterocycles. The number of fused-ring (bicyclic) bond motifs is 1. The molecule has 0 unspecified atom stereocenters. The predicted octanol–water partition coefficient (Wildman–Crippen LogP) is 1.84. The molecular formula is C14H15AsN4. The molecule has 0 amide bonds. The first-order valence-corrected chi connectivity index (χ1v) is 7.12. The van der Waals surface area contributed by atoms with Crippen molar-refractivity contribution in [3.63, 3.8) is 0 Å². The van der Waals surface area contributed by atoms with Crippen molar-refractivity contribution in [1.82, 2.24) is 20.0 Å². The van der Waals surface area contributed by atoms with Crippen LogP contribution in [-0.2, 0) is 5.41 Å². The van der Waals surface area contributed by atoms with Gasteiger partial charge in [0.05, 0.1) is 0 Å². The zero-order valence-corrected chi connectivity index (χ0v) is 13.1. The number of hydrogen-bond donors (Lipinski definition) is 1. The Hall–Kier alpha value is -1.54. The summed E-state index contributed by atoms with van der Waals surface area (Å²) in [6.45, 7) is 6.51. The van der Waals surface area contributed by atoms with Crippen molar-refractivity contribution in [2.24, 2.45) is 0 Å². The summed E-state index contributed by atoms with van der Waals surface area (Å²) < 4.78 is 3.04. The van der Waals surface area contributed by atoms with Crippen LogP contribution in [0.4, 0.5) is 0 Å². The van der Waals surface area contributed by atoms with E-state index in [9.17, 15) is 0 Å². The van der Waals surface area contributed by atoms with Gasteiger partial charge in [-0.25, -0.2) is 0 Å². The van der Waals surface area contributed by atoms with Gasteiger partial charge in [-0.3, -0.25) is 0 Å². The summed E-state index contributed by atoms with van der Waals surface area (Å²) in [4.78, 5) is 0. The molecular weight excluding hydrogens is 299 g/mol. The minimum absolute atomic E-state index is 0.0536. The molecule has 0 atom stereocenters. The first-order chi connectivity index (χ1) is 8.95. The van der Waals surface area contributed by atoms with E-state index in [1.165, 1.54) is 0 Å². The molecule has 19 heavy (non-hydrogen) atoms. The van der Waals surface area contributed by atoms with Crippen molar-refractivity contribution in [2.45, 2.75) is 26.2 Å². The van der Waals surface area contributed by atoms with E-state index in [1.807, 2.05) is 10.9 Å². The van der Waals surface area contributed by atoms with E-state index in [0.29, 0.717) is 0 Å². The molecule has 3 rings (SSSR count). The fourth-order valence-electron chi connectivity index (χ4n) is 1.98. The van der Waals surface area contributed by atoms with Crippen molar-refractivity contribution >= 4 is 32.2 Å². The molecule has 0 aliphatic rings. The third kappa shape index (κ3) is 2.21. The molecule has 0 aliphatic carbocycles. The monoisotopic (exact) mass is 314 g/mol. The van der Waals surface area contributed by atoms with Crippen LogP contribution >= 0.6 is 0 Å². The third-order valence-corrected chi connectivity index (χ3v) is 3.80. The van der Waals surface area contributed by atoms with Crippen LogP contribution in [0.15, 0.2) is 30.5 Å². The molecule has 2 aromatic heterocycles. The average molecular weight is 314 g/mol. The molecule has 4 nitrogen and oxygen atoms in total. The maximum absolute atomic E-state index is 4.71. The van der Waals surface area contributed by atoms with E-state index in [2.05, 4.69) is 72.1 Å². The van der Waals surface area contributed by atoms with Crippen molar-refractivity contribution in [1.29, 1.82) is 0 Å². The van der Waals surface area contributed by atoms with Gasteiger partial charge in [0.2, 0.25) is 0 Å². The molecule has 1 aromatic carbocycles. The van der Waals surface area contributed by atoms with Gasteiger partial charge < -0.3 is 0 Å². The number of benzene rings is 1. The van der Waals surface area contributed by atoms with Gasteiger partial charge >= 0.3 is 120 Å². The summed E-state index contributed by atoms with van der Waals surface area (Å²) in [6, 6.07) is 8.31. The average Bonchev–Trinajstić information content (AvgIpc) is 2.92. The van der Waals surface area contributed by atoms with Crippen LogP contribution in [0.1, 0.15) is 26.5 Å². The summed E-state index contributed by atoms with van der Waals surface area (Å²) in [5.41, 5.74) is 3.21. The Morgan fingerprint density at radius 1 is 1.21 bits per heavy atom. The van der Waals surface area contributed by atoms with Gasteiger partial charge in [0, 0.05) is 0 Å². The Morgan fingerprint density at radius 3 is 2.68 bits per heavy atom. The summed E-state index contributed by atoms with van der Waals surface area (Å²) in [5.74, 6) is 0. The predicted molar refractivity (Wildman–Crippen MR) is 77.3 cm³/mol. The van der Waals surface area contributed by atoms with Crippen LogP contribution in [0.3, 0.4) is 0 Å². The summed E-state index contributed by atoms with van der Waals surface area (Å²) in [7, 11) is 0. The number of nitrogens with one attached hydrogen (secondary N) is 1. The van der Waals surface area contributed by atoms with Crippen LogP contribution in [0.25, 0.3) is 16.6 Å². The first kappa shape index (κ1) is 12.5. The Kier molecular flexibility index (Phi) is 2.79. The Morgan fingerprint density at radius 2 is 2.00 bits per heavy atom. The Labute approximate surface area is 120 Å². The van der Waals surface area contributed by atoms with Gasteiger partial charge in [0.25, 0.3) is 0 Å². The normalized spacial score (nSPS) is 12.2. The van der Waals surface area contributed by atoms with E-state index < -0.39 is 0 Å². The third-order valence-electron chi connectivity index (χ3n) is 3.13. The van der Waals surface area contributed by atoms with Crippen molar-refractivity contribution in [3.8, 4) is 5.69 Å². The van der Waals surface area contributed by atoms with Crippen molar-refractivity contribution < 1.29 is 0 Å². The van der Waals surface area contributed by atoms with Crippen LogP contribution in [0.2, 0.25) is 0 Å². The molecule has 0 bridgehead atoms. The number of H-pyrrole nitrogens is 1. The summed E-state index contributed by atoms with van der Waals surface area (Å²) >= 11 is 2.58. The summed E-state index contributed by atoms with van der Waals surface area (Å²) in [6.07, 6.45) is 1.83. The molecule has 0 fully saturated rings. The second kappa shape index (κ2) is 4.24. The number of aromatic amines is 1. The topological polar surface area (TPSA) is 46.5 Å². The van der Waals surface area contributed by atoms with Crippen molar-refractivity contribution in [2.75, 3.05) is 0 Å². The molecule has 0 spiro atoms. The standard InChI is InChI=1S/C14H15AsN4/c1-14(2,3)12-7-13(15)19(18-12)10-5-4-9-8-16-17-11(9)6-10/h4-8H,1-3H3,(H,16,17). The molecule has 0 saturated carbocycles. The number of hydrogen-bond acceptors (Lipinski definition) is 2. The second-order valence-electron chi connectivity index (χ2n) is 5.69. The Bertz CT molecular complexity index is 733. The molecule has 2 heterocycles. The zero-order valence-electron chi connectivity index (χ0n) is 11.2. The van der Waals surface area contributed by atoms with Gasteiger partial charge in [-0.05, 0) is 0 Å².